The number of carbonyl (C=O) groups excluding carboxylic acids is 1. The van der Waals surface area contributed by atoms with Crippen molar-refractivity contribution < 1.29 is 58.7 Å². The summed E-state index contributed by atoms with van der Waals surface area (Å²) in [4.78, 5) is 16.4. The Labute approximate surface area is 329 Å². The van der Waals surface area contributed by atoms with Gasteiger partial charge in [0.05, 0.1) is 42.0 Å². The fraction of sp³-hybridized carbons (Fsp3) is 0.975. The Morgan fingerprint density at radius 3 is 2.13 bits per heavy atom. The summed E-state index contributed by atoms with van der Waals surface area (Å²) in [6.07, 6.45) is -8.13. The van der Waals surface area contributed by atoms with Gasteiger partial charge >= 0.3 is 5.97 Å². The Bertz CT molecular complexity index is 1210. The first kappa shape index (κ1) is 48.3. The number of aliphatic hydroxyl groups excluding tert-OH is 2. The van der Waals surface area contributed by atoms with Crippen molar-refractivity contribution in [1.82, 2.24) is 10.2 Å². The monoisotopic (exact) mass is 792 g/mol. The van der Waals surface area contributed by atoms with Gasteiger partial charge in [-0.2, -0.15) is 0 Å². The van der Waals surface area contributed by atoms with E-state index in [2.05, 4.69) is 10.2 Å². The van der Waals surface area contributed by atoms with Crippen molar-refractivity contribution in [2.45, 2.75) is 199 Å². The van der Waals surface area contributed by atoms with Crippen LogP contribution in [0.15, 0.2) is 0 Å². The maximum absolute atomic E-state index is 14.3. The van der Waals surface area contributed by atoms with E-state index in [0.29, 0.717) is 26.1 Å². The lowest BCUT2D eigenvalue weighted by molar-refractivity contribution is -0.338. The number of methoxy groups -OCH3 is 1. The van der Waals surface area contributed by atoms with Crippen LogP contribution in [0.2, 0.25) is 0 Å². The maximum atomic E-state index is 14.3. The molecule has 15 heteroatoms. The van der Waals surface area contributed by atoms with Gasteiger partial charge < -0.3 is 69.9 Å². The quantitative estimate of drug-likeness (QED) is 0.157. The summed E-state index contributed by atoms with van der Waals surface area (Å²) < 4.78 is 38.0. The average Bonchev–Trinajstić information content (AvgIpc) is 3.12. The molecule has 0 aromatic carbocycles. The van der Waals surface area contributed by atoms with Crippen LogP contribution in [0.25, 0.3) is 0 Å². The lowest BCUT2D eigenvalue weighted by atomic mass is 9.75. The van der Waals surface area contributed by atoms with E-state index in [1.165, 1.54) is 6.92 Å². The van der Waals surface area contributed by atoms with Gasteiger partial charge in [0.2, 0.25) is 0 Å². The van der Waals surface area contributed by atoms with Crippen molar-refractivity contribution in [1.29, 1.82) is 0 Å². The van der Waals surface area contributed by atoms with Crippen molar-refractivity contribution >= 4 is 5.97 Å². The number of ether oxygens (including phenoxy) is 6. The molecule has 3 rings (SSSR count). The van der Waals surface area contributed by atoms with Gasteiger partial charge in [0.1, 0.15) is 29.0 Å². The number of cyclic esters (lactones) is 1. The summed E-state index contributed by atoms with van der Waals surface area (Å²) >= 11 is 0. The van der Waals surface area contributed by atoms with Crippen LogP contribution in [-0.2, 0) is 33.2 Å². The molecule has 0 spiro atoms. The molecule has 0 saturated carbocycles. The smallest absolute Gasteiger partial charge is 0.311 e. The lowest BCUT2D eigenvalue weighted by Gasteiger charge is -2.54. The fourth-order valence-electron chi connectivity index (χ4n) is 9.04. The lowest BCUT2D eigenvalue weighted by Crippen LogP contribution is -2.70. The summed E-state index contributed by atoms with van der Waals surface area (Å²) in [6.45, 7) is 23.5. The number of hydrogen-bond donors (Lipinski definition) is 7. The summed E-state index contributed by atoms with van der Waals surface area (Å²) in [6, 6.07) is -0.954. The maximum Gasteiger partial charge on any atom is 0.311 e. The number of rotatable bonds is 10. The molecule has 0 aromatic rings. The summed E-state index contributed by atoms with van der Waals surface area (Å²) in [5, 5.41) is 62.2. The highest BCUT2D eigenvalue weighted by molar-refractivity contribution is 5.73. The third kappa shape index (κ3) is 10.8. The predicted octanol–water partition coefficient (Wildman–Crippen LogP) is 1.67. The van der Waals surface area contributed by atoms with Gasteiger partial charge in [0.25, 0.3) is 0 Å². The van der Waals surface area contributed by atoms with E-state index in [4.69, 9.17) is 34.2 Å². The van der Waals surface area contributed by atoms with E-state index in [-0.39, 0.29) is 38.0 Å². The van der Waals surface area contributed by atoms with E-state index >= 15 is 0 Å². The van der Waals surface area contributed by atoms with E-state index in [1.807, 2.05) is 34.6 Å². The molecule has 0 aromatic heterocycles. The van der Waals surface area contributed by atoms with Crippen LogP contribution in [-0.4, -0.2) is 159 Å². The first-order chi connectivity index (χ1) is 25.4. The third-order valence-corrected chi connectivity index (χ3v) is 13.0. The topological polar surface area (TPSA) is 215 Å². The van der Waals surface area contributed by atoms with Crippen molar-refractivity contribution in [2.24, 2.45) is 23.5 Å². The van der Waals surface area contributed by atoms with Gasteiger partial charge in [-0.3, -0.25) is 4.79 Å². The molecule has 0 aliphatic carbocycles. The van der Waals surface area contributed by atoms with Crippen molar-refractivity contribution in [3.8, 4) is 0 Å². The fourth-order valence-corrected chi connectivity index (χ4v) is 9.04. The highest BCUT2D eigenvalue weighted by Crippen LogP contribution is 2.43. The molecule has 55 heavy (non-hydrogen) atoms. The zero-order valence-corrected chi connectivity index (χ0v) is 35.9. The molecule has 18 atom stereocenters. The number of aliphatic hydroxyl groups is 5. The van der Waals surface area contributed by atoms with E-state index < -0.39 is 101 Å². The zero-order valence-electron chi connectivity index (χ0n) is 35.9. The Balaban J connectivity index is 2.15. The van der Waals surface area contributed by atoms with E-state index in [1.54, 1.807) is 48.7 Å². The Hall–Kier alpha value is -1.05. The molecule has 1 unspecified atom stereocenters. The molecule has 3 aliphatic rings. The third-order valence-electron chi connectivity index (χ3n) is 13.0. The zero-order chi connectivity index (χ0) is 41.8. The first-order valence-electron chi connectivity index (χ1n) is 20.5. The second kappa shape index (κ2) is 19.3. The van der Waals surface area contributed by atoms with Gasteiger partial charge in [0, 0.05) is 44.6 Å². The van der Waals surface area contributed by atoms with E-state index in [9.17, 15) is 30.3 Å². The number of carbonyl (C=O) groups is 1. The Kier molecular flexibility index (Phi) is 17.0. The van der Waals surface area contributed by atoms with Crippen LogP contribution in [0, 0.1) is 17.8 Å². The number of nitrogens with one attached hydrogen (secondary N) is 1. The number of nitrogens with zero attached hydrogens (tertiary/aromatic N) is 1. The molecule has 15 nitrogen and oxygen atoms in total. The molecule has 0 bridgehead atoms. The van der Waals surface area contributed by atoms with Crippen LogP contribution in [0.3, 0.4) is 0 Å². The summed E-state index contributed by atoms with van der Waals surface area (Å²) in [7, 11) is 1.54. The standard InChI is InChI=1S/C40H77N3O12/c1-14-29-39(12,48)33(45)22(4)20-42-23(5)18-37(10,47)34(55-36-31(44)28(41)17-24(6)51-36)25(7)32(26(8)35(46)53-29)54-30-19-38(11,50-13)40(49,27(9)52-30)21-43(15-2)16-3/h22-34,36,42,44-45,47-49H,14-21,41H2,1-13H3/t22-,23-,24-,25-,26-,27+,28+,29+,30?,31-,32-,33+,34-,36+,37-,38-,39-,40+/m1/s1. The number of hydrogen-bond acceptors (Lipinski definition) is 15. The van der Waals surface area contributed by atoms with Gasteiger partial charge in [-0.25, -0.2) is 0 Å². The molecular weight excluding hydrogens is 714 g/mol. The number of esters is 1. The van der Waals surface area contributed by atoms with Crippen LogP contribution in [0.1, 0.15) is 109 Å². The predicted molar refractivity (Wildman–Crippen MR) is 207 cm³/mol. The molecule has 8 N–H and O–H groups in total. The van der Waals surface area contributed by atoms with Crippen LogP contribution in [0.5, 0.6) is 0 Å². The molecule has 3 fully saturated rings. The molecule has 324 valence electrons. The number of nitrogens with two attached hydrogens (primary N) is 1. The minimum Gasteiger partial charge on any atom is -0.459 e. The molecule has 3 heterocycles. The molecule has 0 amide bonds. The molecule has 3 aliphatic heterocycles. The van der Waals surface area contributed by atoms with Crippen LogP contribution < -0.4 is 11.1 Å². The summed E-state index contributed by atoms with van der Waals surface area (Å²) in [5.41, 5.74) is 0.322. The second-order valence-corrected chi connectivity index (χ2v) is 17.6. The first-order valence-corrected chi connectivity index (χ1v) is 20.5. The van der Waals surface area contributed by atoms with Gasteiger partial charge in [-0.1, -0.05) is 34.6 Å². The highest BCUT2D eigenvalue weighted by Gasteiger charge is 2.59. The van der Waals surface area contributed by atoms with Crippen molar-refractivity contribution in [2.75, 3.05) is 33.3 Å². The van der Waals surface area contributed by atoms with Gasteiger partial charge in [0.15, 0.2) is 12.6 Å². The largest absolute Gasteiger partial charge is 0.459 e. The number of likely N-dealkylation sites (N-methyl/N-ethyl adjacent to an activating group) is 1. The summed E-state index contributed by atoms with van der Waals surface area (Å²) in [5.74, 6) is -3.01. The SMILES string of the molecule is CC[C@@H]1OC(=O)[C@H](C)[C@H](OC2C[C@@](C)(OC)[C@](O)(CN(CC)CC)[C@H](C)O2)[C@@H](C)[C@@H](O[C@@H]2O[C@H](C)C[C@H](N)[C@H]2O)[C@](C)(O)C[C@@H](C)NC[C@@H](C)[C@H](O)[C@]1(C)O. The Morgan fingerprint density at radius 2 is 1.56 bits per heavy atom. The van der Waals surface area contributed by atoms with Crippen LogP contribution in [0.4, 0.5) is 0 Å². The molecular formula is C40H77N3O12. The van der Waals surface area contributed by atoms with Crippen molar-refractivity contribution in [3.05, 3.63) is 0 Å². The minimum absolute atomic E-state index is 0.0899. The average molecular weight is 792 g/mol. The van der Waals surface area contributed by atoms with Gasteiger partial charge in [-0.15, -0.1) is 0 Å². The molecule has 0 radical (unpaired) electrons. The molecule has 3 saturated heterocycles. The minimum atomic E-state index is -1.80. The van der Waals surface area contributed by atoms with Crippen LogP contribution >= 0.6 is 0 Å². The van der Waals surface area contributed by atoms with Crippen molar-refractivity contribution in [3.63, 3.8) is 0 Å². The van der Waals surface area contributed by atoms with Gasteiger partial charge in [-0.05, 0) is 86.7 Å². The second-order valence-electron chi connectivity index (χ2n) is 17.6. The Morgan fingerprint density at radius 1 is 0.945 bits per heavy atom. The van der Waals surface area contributed by atoms with E-state index in [0.717, 1.165) is 0 Å². The highest BCUT2D eigenvalue weighted by atomic mass is 16.7. The normalized spacial score (nSPS) is 48.5.